The largest absolute Gasteiger partial charge is 0.481 e. The zero-order valence-electron chi connectivity index (χ0n) is 10.8. The minimum absolute atomic E-state index is 0.0185. The summed E-state index contributed by atoms with van der Waals surface area (Å²) in [6, 6.07) is 0.173. The van der Waals surface area contributed by atoms with Crippen LogP contribution in [0, 0.1) is 11.8 Å². The molecular formula is C13H22N2O3. The van der Waals surface area contributed by atoms with Crippen molar-refractivity contribution in [3.63, 3.8) is 0 Å². The number of carboxylic acid groups (broad SMARTS) is 1. The standard InChI is InChI=1S/C13H22N2O3/c1-8-2-4-10(6-8)14-13(18)15-11-5-3-9(7-11)12(16)17/h8-11H,2-7H2,1H3,(H,16,17)(H2,14,15,18)/t8?,9-,10?,11+/m1/s1. The number of rotatable bonds is 3. The number of nitrogens with one attached hydrogen (secondary N) is 2. The van der Waals surface area contributed by atoms with Crippen LogP contribution >= 0.6 is 0 Å². The quantitative estimate of drug-likeness (QED) is 0.717. The Kier molecular flexibility index (Phi) is 4.09. The molecule has 5 nitrogen and oxygen atoms in total. The van der Waals surface area contributed by atoms with Crippen LogP contribution in [0.2, 0.25) is 0 Å². The third-order valence-corrected chi connectivity index (χ3v) is 4.15. The molecule has 0 aromatic carbocycles. The number of amides is 2. The molecule has 0 heterocycles. The number of carbonyl (C=O) groups excluding carboxylic acids is 1. The Labute approximate surface area is 107 Å². The summed E-state index contributed by atoms with van der Waals surface area (Å²) >= 11 is 0. The van der Waals surface area contributed by atoms with E-state index in [9.17, 15) is 9.59 Å². The van der Waals surface area contributed by atoms with E-state index in [4.69, 9.17) is 5.11 Å². The van der Waals surface area contributed by atoms with E-state index in [1.54, 1.807) is 0 Å². The zero-order chi connectivity index (χ0) is 13.1. The maximum atomic E-state index is 11.8. The highest BCUT2D eigenvalue weighted by atomic mass is 16.4. The van der Waals surface area contributed by atoms with Crippen molar-refractivity contribution in [1.29, 1.82) is 0 Å². The predicted molar refractivity (Wildman–Crippen MR) is 67.2 cm³/mol. The van der Waals surface area contributed by atoms with Crippen LogP contribution in [-0.4, -0.2) is 29.2 Å². The van der Waals surface area contributed by atoms with Gasteiger partial charge in [0, 0.05) is 12.1 Å². The molecule has 4 atom stereocenters. The normalized spacial score (nSPS) is 35.4. The van der Waals surface area contributed by atoms with E-state index in [2.05, 4.69) is 17.6 Å². The highest BCUT2D eigenvalue weighted by molar-refractivity contribution is 5.75. The lowest BCUT2D eigenvalue weighted by molar-refractivity contribution is -0.141. The van der Waals surface area contributed by atoms with Gasteiger partial charge in [-0.3, -0.25) is 4.79 Å². The Balaban J connectivity index is 1.70. The molecule has 0 aliphatic heterocycles. The molecule has 0 aromatic rings. The van der Waals surface area contributed by atoms with Gasteiger partial charge in [-0.25, -0.2) is 4.79 Å². The summed E-state index contributed by atoms with van der Waals surface area (Å²) in [6.45, 7) is 2.20. The predicted octanol–water partition coefficient (Wildman–Crippen LogP) is 1.73. The minimum Gasteiger partial charge on any atom is -0.481 e. The lowest BCUT2D eigenvalue weighted by atomic mass is 10.1. The highest BCUT2D eigenvalue weighted by Crippen LogP contribution is 2.26. The molecule has 0 aromatic heterocycles. The van der Waals surface area contributed by atoms with E-state index < -0.39 is 5.97 Å². The van der Waals surface area contributed by atoms with Crippen LogP contribution < -0.4 is 10.6 Å². The fourth-order valence-corrected chi connectivity index (χ4v) is 3.09. The van der Waals surface area contributed by atoms with Crippen LogP contribution in [0.3, 0.4) is 0 Å². The van der Waals surface area contributed by atoms with Crippen molar-refractivity contribution in [3.05, 3.63) is 0 Å². The molecule has 2 aliphatic rings. The van der Waals surface area contributed by atoms with Crippen molar-refractivity contribution in [2.75, 3.05) is 0 Å². The van der Waals surface area contributed by atoms with Gasteiger partial charge in [0.1, 0.15) is 0 Å². The number of hydrogen-bond acceptors (Lipinski definition) is 2. The minimum atomic E-state index is -0.746. The molecule has 2 saturated carbocycles. The van der Waals surface area contributed by atoms with Gasteiger partial charge in [0.2, 0.25) is 0 Å². The Morgan fingerprint density at radius 3 is 2.11 bits per heavy atom. The first-order valence-electron chi connectivity index (χ1n) is 6.84. The van der Waals surface area contributed by atoms with E-state index in [0.29, 0.717) is 18.8 Å². The Morgan fingerprint density at radius 1 is 1.00 bits per heavy atom. The summed E-state index contributed by atoms with van der Waals surface area (Å²) in [7, 11) is 0. The topological polar surface area (TPSA) is 78.4 Å². The lowest BCUT2D eigenvalue weighted by Gasteiger charge is -2.17. The Hall–Kier alpha value is -1.26. The highest BCUT2D eigenvalue weighted by Gasteiger charge is 2.31. The van der Waals surface area contributed by atoms with Crippen LogP contribution in [0.4, 0.5) is 4.79 Å². The molecule has 18 heavy (non-hydrogen) atoms. The first kappa shape index (κ1) is 13.2. The van der Waals surface area contributed by atoms with Crippen LogP contribution in [0.15, 0.2) is 0 Å². The number of carboxylic acids is 1. The van der Waals surface area contributed by atoms with Crippen molar-refractivity contribution in [3.8, 4) is 0 Å². The van der Waals surface area contributed by atoms with E-state index in [0.717, 1.165) is 19.3 Å². The van der Waals surface area contributed by atoms with E-state index >= 15 is 0 Å². The summed E-state index contributed by atoms with van der Waals surface area (Å²) in [5, 5.41) is 14.8. The maximum absolute atomic E-state index is 11.8. The SMILES string of the molecule is CC1CCC(NC(=O)N[C@H]2CC[C@@H](C(=O)O)C2)C1. The molecule has 0 spiro atoms. The van der Waals surface area contributed by atoms with Gasteiger partial charge in [-0.05, 0) is 44.4 Å². The van der Waals surface area contributed by atoms with Gasteiger partial charge < -0.3 is 15.7 Å². The first-order chi connectivity index (χ1) is 8.54. The molecule has 2 rings (SSSR count). The molecule has 2 aliphatic carbocycles. The molecule has 2 amide bonds. The number of carbonyl (C=O) groups is 2. The third kappa shape index (κ3) is 3.37. The second-order valence-corrected chi connectivity index (χ2v) is 5.78. The molecule has 0 bridgehead atoms. The fraction of sp³-hybridized carbons (Fsp3) is 0.846. The van der Waals surface area contributed by atoms with Gasteiger partial charge in [0.05, 0.1) is 5.92 Å². The fourth-order valence-electron chi connectivity index (χ4n) is 3.09. The van der Waals surface area contributed by atoms with E-state index in [1.165, 1.54) is 6.42 Å². The smallest absolute Gasteiger partial charge is 0.315 e. The summed E-state index contributed by atoms with van der Waals surface area (Å²) in [5.74, 6) is -0.343. The van der Waals surface area contributed by atoms with Crippen molar-refractivity contribution in [2.24, 2.45) is 11.8 Å². The van der Waals surface area contributed by atoms with Crippen LogP contribution in [0.5, 0.6) is 0 Å². The van der Waals surface area contributed by atoms with Crippen LogP contribution in [0.1, 0.15) is 45.4 Å². The average Bonchev–Trinajstić information content (AvgIpc) is 2.88. The van der Waals surface area contributed by atoms with Crippen molar-refractivity contribution >= 4 is 12.0 Å². The molecule has 3 N–H and O–H groups in total. The number of hydrogen-bond donors (Lipinski definition) is 3. The first-order valence-corrected chi connectivity index (χ1v) is 6.84. The molecule has 0 saturated heterocycles. The molecule has 2 unspecified atom stereocenters. The van der Waals surface area contributed by atoms with Gasteiger partial charge in [-0.2, -0.15) is 0 Å². The van der Waals surface area contributed by atoms with Gasteiger partial charge in [-0.1, -0.05) is 6.92 Å². The molecular weight excluding hydrogens is 232 g/mol. The second kappa shape index (κ2) is 5.59. The molecule has 102 valence electrons. The summed E-state index contributed by atoms with van der Waals surface area (Å²) in [6.07, 6.45) is 5.28. The molecule has 5 heteroatoms. The molecule has 2 fully saturated rings. The Bertz CT molecular complexity index is 332. The van der Waals surface area contributed by atoms with Crippen LogP contribution in [-0.2, 0) is 4.79 Å². The Morgan fingerprint density at radius 2 is 1.61 bits per heavy atom. The summed E-state index contributed by atoms with van der Waals surface area (Å²) < 4.78 is 0. The molecule has 0 radical (unpaired) electrons. The maximum Gasteiger partial charge on any atom is 0.315 e. The number of aliphatic carboxylic acids is 1. The van der Waals surface area contributed by atoms with Gasteiger partial charge in [0.25, 0.3) is 0 Å². The van der Waals surface area contributed by atoms with Gasteiger partial charge in [-0.15, -0.1) is 0 Å². The van der Waals surface area contributed by atoms with E-state index in [-0.39, 0.29) is 24.0 Å². The monoisotopic (exact) mass is 254 g/mol. The van der Waals surface area contributed by atoms with Gasteiger partial charge >= 0.3 is 12.0 Å². The zero-order valence-corrected chi connectivity index (χ0v) is 10.8. The second-order valence-electron chi connectivity index (χ2n) is 5.78. The lowest BCUT2D eigenvalue weighted by Crippen LogP contribution is -2.45. The average molecular weight is 254 g/mol. The van der Waals surface area contributed by atoms with Crippen molar-refractivity contribution in [1.82, 2.24) is 10.6 Å². The van der Waals surface area contributed by atoms with Gasteiger partial charge in [0.15, 0.2) is 0 Å². The third-order valence-electron chi connectivity index (χ3n) is 4.15. The van der Waals surface area contributed by atoms with Crippen LogP contribution in [0.25, 0.3) is 0 Å². The summed E-state index contributed by atoms with van der Waals surface area (Å²) in [4.78, 5) is 22.6. The van der Waals surface area contributed by atoms with Crippen molar-refractivity contribution in [2.45, 2.75) is 57.5 Å². The van der Waals surface area contributed by atoms with Crippen molar-refractivity contribution < 1.29 is 14.7 Å². The van der Waals surface area contributed by atoms with E-state index in [1.807, 2.05) is 0 Å². The number of urea groups is 1. The summed E-state index contributed by atoms with van der Waals surface area (Å²) in [5.41, 5.74) is 0.